The summed E-state index contributed by atoms with van der Waals surface area (Å²) >= 11 is 4.71. The van der Waals surface area contributed by atoms with Crippen LogP contribution < -0.4 is 10.5 Å². The Morgan fingerprint density at radius 3 is 2.79 bits per heavy atom. The van der Waals surface area contributed by atoms with Crippen LogP contribution in [0.25, 0.3) is 0 Å². The van der Waals surface area contributed by atoms with E-state index < -0.39 is 0 Å². The third-order valence-electron chi connectivity index (χ3n) is 1.43. The third-order valence-corrected chi connectivity index (χ3v) is 1.64. The molecule has 1 heterocycles. The molecule has 0 bridgehead atoms. The average molecular weight is 213 g/mol. The van der Waals surface area contributed by atoms with Crippen LogP contribution in [0, 0.1) is 0 Å². The van der Waals surface area contributed by atoms with Gasteiger partial charge in [-0.2, -0.15) is 0 Å². The van der Waals surface area contributed by atoms with E-state index in [4.69, 9.17) is 27.8 Å². The van der Waals surface area contributed by atoms with Gasteiger partial charge in [-0.25, -0.2) is 9.97 Å². The second-order valence-electron chi connectivity index (χ2n) is 2.53. The monoisotopic (exact) mass is 213 g/mol. The molecule has 3 N–H and O–H groups in total. The van der Waals surface area contributed by atoms with Gasteiger partial charge in [0.05, 0.1) is 19.0 Å². The number of rotatable bonds is 5. The largest absolute Gasteiger partial charge is 0.476 e. The fourth-order valence-electron chi connectivity index (χ4n) is 0.759. The summed E-state index contributed by atoms with van der Waals surface area (Å²) in [5, 5.41) is 8.51. The second kappa shape index (κ2) is 5.46. The SMILES string of the molecule is NC(=S)c1cnc(OCCCO)cn1. The zero-order valence-corrected chi connectivity index (χ0v) is 8.33. The number of thiocarbonyl (C=S) groups is 1. The van der Waals surface area contributed by atoms with Gasteiger partial charge in [0.2, 0.25) is 5.88 Å². The van der Waals surface area contributed by atoms with E-state index in [1.54, 1.807) is 0 Å². The quantitative estimate of drug-likeness (QED) is 0.524. The van der Waals surface area contributed by atoms with Gasteiger partial charge in [-0.15, -0.1) is 0 Å². The van der Waals surface area contributed by atoms with Crippen LogP contribution in [0.15, 0.2) is 12.4 Å². The highest BCUT2D eigenvalue weighted by Crippen LogP contribution is 2.03. The molecule has 76 valence electrons. The summed E-state index contributed by atoms with van der Waals surface area (Å²) in [5.41, 5.74) is 5.81. The second-order valence-corrected chi connectivity index (χ2v) is 2.97. The van der Waals surface area contributed by atoms with Crippen LogP contribution in [-0.2, 0) is 0 Å². The van der Waals surface area contributed by atoms with Crippen LogP contribution in [0.2, 0.25) is 0 Å². The Balaban J connectivity index is 2.51. The van der Waals surface area contributed by atoms with E-state index in [9.17, 15) is 0 Å². The standard InChI is InChI=1S/C8H11N3O2S/c9-8(14)6-4-11-7(5-10-6)13-3-1-2-12/h4-5,12H,1-3H2,(H2,9,14). The molecule has 1 aromatic heterocycles. The molecular weight excluding hydrogens is 202 g/mol. The van der Waals surface area contributed by atoms with E-state index in [-0.39, 0.29) is 11.6 Å². The molecule has 0 spiro atoms. The lowest BCUT2D eigenvalue weighted by Gasteiger charge is -2.03. The number of aromatic nitrogens is 2. The Bertz CT molecular complexity index is 302. The molecule has 0 aliphatic heterocycles. The lowest BCUT2D eigenvalue weighted by atomic mass is 10.4. The highest BCUT2D eigenvalue weighted by atomic mass is 32.1. The molecule has 5 nitrogen and oxygen atoms in total. The summed E-state index contributed by atoms with van der Waals surface area (Å²) in [6, 6.07) is 0. The molecule has 0 radical (unpaired) electrons. The van der Waals surface area contributed by atoms with Crippen molar-refractivity contribution >= 4 is 17.2 Å². The smallest absolute Gasteiger partial charge is 0.232 e. The highest BCUT2D eigenvalue weighted by Gasteiger charge is 1.99. The van der Waals surface area contributed by atoms with Gasteiger partial charge in [0, 0.05) is 13.0 Å². The summed E-state index contributed by atoms with van der Waals surface area (Å²) in [4.78, 5) is 8.09. The fourth-order valence-corrected chi connectivity index (χ4v) is 0.865. The zero-order valence-electron chi connectivity index (χ0n) is 7.51. The van der Waals surface area contributed by atoms with Crippen LogP contribution in [0.3, 0.4) is 0 Å². The van der Waals surface area contributed by atoms with E-state index in [1.807, 2.05) is 0 Å². The number of aliphatic hydroxyl groups excluding tert-OH is 1. The maximum Gasteiger partial charge on any atom is 0.232 e. The molecule has 0 saturated carbocycles. The number of hydrogen-bond acceptors (Lipinski definition) is 5. The first kappa shape index (κ1) is 10.8. The molecule has 0 aliphatic rings. The minimum atomic E-state index is 0.0956. The van der Waals surface area contributed by atoms with Crippen molar-refractivity contribution in [3.8, 4) is 5.88 Å². The average Bonchev–Trinajstić information content (AvgIpc) is 2.19. The van der Waals surface area contributed by atoms with E-state index in [1.165, 1.54) is 12.4 Å². The van der Waals surface area contributed by atoms with Crippen LogP contribution in [0.4, 0.5) is 0 Å². The van der Waals surface area contributed by atoms with Crippen molar-refractivity contribution in [3.63, 3.8) is 0 Å². The van der Waals surface area contributed by atoms with Crippen LogP contribution in [-0.4, -0.2) is 33.3 Å². The Morgan fingerprint density at radius 1 is 1.50 bits per heavy atom. The maximum absolute atomic E-state index is 8.51. The molecule has 1 aromatic rings. The molecule has 0 aliphatic carbocycles. The Morgan fingerprint density at radius 2 is 2.29 bits per heavy atom. The zero-order chi connectivity index (χ0) is 10.4. The summed E-state index contributed by atoms with van der Waals surface area (Å²) in [7, 11) is 0. The highest BCUT2D eigenvalue weighted by molar-refractivity contribution is 7.80. The number of ether oxygens (including phenoxy) is 1. The van der Waals surface area contributed by atoms with Crippen molar-refractivity contribution in [2.75, 3.05) is 13.2 Å². The molecule has 0 aromatic carbocycles. The van der Waals surface area contributed by atoms with Gasteiger partial charge in [-0.05, 0) is 0 Å². The predicted molar refractivity (Wildman–Crippen MR) is 55.1 cm³/mol. The van der Waals surface area contributed by atoms with E-state index in [2.05, 4.69) is 9.97 Å². The Kier molecular flexibility index (Phi) is 4.21. The van der Waals surface area contributed by atoms with E-state index in [0.717, 1.165) is 0 Å². The van der Waals surface area contributed by atoms with Gasteiger partial charge < -0.3 is 15.6 Å². The van der Waals surface area contributed by atoms with Gasteiger partial charge in [0.25, 0.3) is 0 Å². The van der Waals surface area contributed by atoms with Crippen molar-refractivity contribution in [1.82, 2.24) is 9.97 Å². The third kappa shape index (κ3) is 3.23. The summed E-state index contributed by atoms with van der Waals surface area (Å²) < 4.78 is 5.16. The van der Waals surface area contributed by atoms with Gasteiger partial charge in [0.15, 0.2) is 0 Å². The van der Waals surface area contributed by atoms with E-state index >= 15 is 0 Å². The van der Waals surface area contributed by atoms with Gasteiger partial charge in [-0.3, -0.25) is 0 Å². The molecular formula is C8H11N3O2S. The first-order valence-electron chi connectivity index (χ1n) is 4.09. The Labute approximate surface area is 86.9 Å². The molecule has 6 heteroatoms. The van der Waals surface area contributed by atoms with E-state index in [0.29, 0.717) is 24.6 Å². The summed E-state index contributed by atoms with van der Waals surface area (Å²) in [6.07, 6.45) is 3.47. The summed E-state index contributed by atoms with van der Waals surface area (Å²) in [5.74, 6) is 0.401. The Hall–Kier alpha value is -1.27. The summed E-state index contributed by atoms with van der Waals surface area (Å²) in [6.45, 7) is 0.510. The molecule has 0 unspecified atom stereocenters. The number of aliphatic hydroxyl groups is 1. The molecule has 0 amide bonds. The van der Waals surface area contributed by atoms with Crippen molar-refractivity contribution in [2.45, 2.75) is 6.42 Å². The topological polar surface area (TPSA) is 81.3 Å². The minimum absolute atomic E-state index is 0.0956. The molecule has 0 fully saturated rings. The van der Waals surface area contributed by atoms with Crippen molar-refractivity contribution in [3.05, 3.63) is 18.1 Å². The van der Waals surface area contributed by atoms with Crippen LogP contribution in [0.5, 0.6) is 5.88 Å². The van der Waals surface area contributed by atoms with Crippen LogP contribution in [0.1, 0.15) is 12.1 Å². The van der Waals surface area contributed by atoms with Gasteiger partial charge in [-0.1, -0.05) is 12.2 Å². The molecule has 0 atom stereocenters. The first-order chi connectivity index (χ1) is 6.74. The number of nitrogens with two attached hydrogens (primary N) is 1. The van der Waals surface area contributed by atoms with Gasteiger partial charge in [0.1, 0.15) is 10.7 Å². The first-order valence-corrected chi connectivity index (χ1v) is 4.50. The van der Waals surface area contributed by atoms with Crippen LogP contribution >= 0.6 is 12.2 Å². The normalized spacial score (nSPS) is 9.79. The van der Waals surface area contributed by atoms with Crippen molar-refractivity contribution < 1.29 is 9.84 Å². The number of nitrogens with zero attached hydrogens (tertiary/aromatic N) is 2. The fraction of sp³-hybridized carbons (Fsp3) is 0.375. The molecule has 14 heavy (non-hydrogen) atoms. The van der Waals surface area contributed by atoms with Gasteiger partial charge >= 0.3 is 0 Å². The lowest BCUT2D eigenvalue weighted by Crippen LogP contribution is -2.12. The molecule has 0 saturated heterocycles. The predicted octanol–water partition coefficient (Wildman–Crippen LogP) is -0.128. The minimum Gasteiger partial charge on any atom is -0.476 e. The van der Waals surface area contributed by atoms with Crippen molar-refractivity contribution in [2.24, 2.45) is 5.73 Å². The van der Waals surface area contributed by atoms with Crippen molar-refractivity contribution in [1.29, 1.82) is 0 Å². The number of hydrogen-bond donors (Lipinski definition) is 2. The molecule has 1 rings (SSSR count). The maximum atomic E-state index is 8.51. The lowest BCUT2D eigenvalue weighted by molar-refractivity contribution is 0.229.